The van der Waals surface area contributed by atoms with Gasteiger partial charge < -0.3 is 5.73 Å². The third kappa shape index (κ3) is 2.75. The van der Waals surface area contributed by atoms with Gasteiger partial charge in [0.05, 0.1) is 10.0 Å². The summed E-state index contributed by atoms with van der Waals surface area (Å²) in [7, 11) is 0. The van der Waals surface area contributed by atoms with Gasteiger partial charge in [-0.1, -0.05) is 46.9 Å². The van der Waals surface area contributed by atoms with Crippen molar-refractivity contribution in [2.45, 2.75) is 6.54 Å². The number of hydrogen-bond acceptors (Lipinski definition) is 1. The summed E-state index contributed by atoms with van der Waals surface area (Å²) in [6.45, 7) is 0.478. The highest BCUT2D eigenvalue weighted by atomic mass is 35.5. The van der Waals surface area contributed by atoms with Gasteiger partial charge in [-0.15, -0.1) is 0 Å². The van der Waals surface area contributed by atoms with Crippen LogP contribution in [0, 0.1) is 0 Å². The van der Waals surface area contributed by atoms with Crippen molar-refractivity contribution in [2.24, 2.45) is 5.73 Å². The zero-order chi connectivity index (χ0) is 12.4. The minimum Gasteiger partial charge on any atom is -0.326 e. The zero-order valence-electron chi connectivity index (χ0n) is 8.88. The SMILES string of the molecule is NCc1ccc(Cl)c(-c2ccc(Cl)c(Cl)c2)c1. The van der Waals surface area contributed by atoms with Gasteiger partial charge in [-0.2, -0.15) is 0 Å². The van der Waals surface area contributed by atoms with Crippen LogP contribution < -0.4 is 5.73 Å². The van der Waals surface area contributed by atoms with Crippen molar-refractivity contribution in [1.82, 2.24) is 0 Å². The largest absolute Gasteiger partial charge is 0.326 e. The molecule has 0 saturated carbocycles. The smallest absolute Gasteiger partial charge is 0.0598 e. The molecule has 0 bridgehead atoms. The van der Waals surface area contributed by atoms with Gasteiger partial charge in [-0.3, -0.25) is 0 Å². The van der Waals surface area contributed by atoms with Crippen molar-refractivity contribution in [2.75, 3.05) is 0 Å². The van der Waals surface area contributed by atoms with E-state index in [9.17, 15) is 0 Å². The van der Waals surface area contributed by atoms with Crippen LogP contribution in [0.3, 0.4) is 0 Å². The molecule has 0 aliphatic heterocycles. The van der Waals surface area contributed by atoms with E-state index in [-0.39, 0.29) is 0 Å². The molecular formula is C13H10Cl3N. The molecule has 0 aliphatic carbocycles. The molecule has 0 heterocycles. The van der Waals surface area contributed by atoms with Crippen LogP contribution in [0.2, 0.25) is 15.1 Å². The molecule has 2 N–H and O–H groups in total. The lowest BCUT2D eigenvalue weighted by Crippen LogP contribution is -1.96. The molecule has 0 aliphatic rings. The monoisotopic (exact) mass is 285 g/mol. The van der Waals surface area contributed by atoms with E-state index in [4.69, 9.17) is 40.5 Å². The molecule has 0 aromatic heterocycles. The van der Waals surface area contributed by atoms with Crippen LogP contribution in [0.5, 0.6) is 0 Å². The lowest BCUT2D eigenvalue weighted by Gasteiger charge is -2.08. The van der Waals surface area contributed by atoms with Crippen LogP contribution in [-0.4, -0.2) is 0 Å². The molecule has 0 saturated heterocycles. The van der Waals surface area contributed by atoms with Crippen LogP contribution >= 0.6 is 34.8 Å². The molecule has 2 rings (SSSR count). The fourth-order valence-corrected chi connectivity index (χ4v) is 2.11. The second-order valence-electron chi connectivity index (χ2n) is 3.65. The lowest BCUT2D eigenvalue weighted by atomic mass is 10.0. The van der Waals surface area contributed by atoms with Crippen molar-refractivity contribution in [3.63, 3.8) is 0 Å². The molecule has 2 aromatic rings. The second kappa shape index (κ2) is 5.28. The topological polar surface area (TPSA) is 26.0 Å². The Morgan fingerprint density at radius 2 is 1.53 bits per heavy atom. The van der Waals surface area contributed by atoms with Crippen molar-refractivity contribution in [3.8, 4) is 11.1 Å². The first-order valence-electron chi connectivity index (χ1n) is 5.05. The predicted molar refractivity (Wildman–Crippen MR) is 74.8 cm³/mol. The standard InChI is InChI=1S/C13H10Cl3N/c14-11-3-1-8(7-17)5-10(11)9-2-4-12(15)13(16)6-9/h1-6H,7,17H2. The van der Waals surface area contributed by atoms with Crippen LogP contribution in [0.25, 0.3) is 11.1 Å². The molecular weight excluding hydrogens is 277 g/mol. The van der Waals surface area contributed by atoms with E-state index in [0.717, 1.165) is 16.7 Å². The maximum absolute atomic E-state index is 6.16. The van der Waals surface area contributed by atoms with E-state index in [2.05, 4.69) is 0 Å². The second-order valence-corrected chi connectivity index (χ2v) is 4.87. The Hall–Kier alpha value is -0.730. The van der Waals surface area contributed by atoms with E-state index in [0.29, 0.717) is 21.6 Å². The average molecular weight is 287 g/mol. The average Bonchev–Trinajstić information content (AvgIpc) is 2.33. The third-order valence-electron chi connectivity index (χ3n) is 2.50. The Kier molecular flexibility index (Phi) is 3.95. The van der Waals surface area contributed by atoms with E-state index in [1.807, 2.05) is 24.3 Å². The van der Waals surface area contributed by atoms with Crippen LogP contribution in [-0.2, 0) is 6.54 Å². The van der Waals surface area contributed by atoms with Gasteiger partial charge in [0.2, 0.25) is 0 Å². The maximum atomic E-state index is 6.16. The molecule has 17 heavy (non-hydrogen) atoms. The normalized spacial score (nSPS) is 10.6. The fraction of sp³-hybridized carbons (Fsp3) is 0.0769. The summed E-state index contributed by atoms with van der Waals surface area (Å²) in [5, 5.41) is 1.71. The van der Waals surface area contributed by atoms with Gasteiger partial charge in [0.1, 0.15) is 0 Å². The van der Waals surface area contributed by atoms with Gasteiger partial charge >= 0.3 is 0 Å². The molecule has 0 amide bonds. The van der Waals surface area contributed by atoms with Crippen molar-refractivity contribution < 1.29 is 0 Å². The summed E-state index contributed by atoms with van der Waals surface area (Å²) in [6, 6.07) is 11.1. The molecule has 88 valence electrons. The molecule has 0 spiro atoms. The number of benzene rings is 2. The molecule has 0 unspecified atom stereocenters. The minimum atomic E-state index is 0.478. The summed E-state index contributed by atoms with van der Waals surface area (Å²) >= 11 is 18.0. The lowest BCUT2D eigenvalue weighted by molar-refractivity contribution is 1.07. The highest BCUT2D eigenvalue weighted by Crippen LogP contribution is 2.33. The molecule has 4 heteroatoms. The predicted octanol–water partition coefficient (Wildman–Crippen LogP) is 4.77. The quantitative estimate of drug-likeness (QED) is 0.845. The summed E-state index contributed by atoms with van der Waals surface area (Å²) < 4.78 is 0. The van der Waals surface area contributed by atoms with E-state index in [1.165, 1.54) is 0 Å². The van der Waals surface area contributed by atoms with Crippen molar-refractivity contribution in [1.29, 1.82) is 0 Å². The van der Waals surface area contributed by atoms with Gasteiger partial charge in [-0.25, -0.2) is 0 Å². The third-order valence-corrected chi connectivity index (χ3v) is 3.57. The minimum absolute atomic E-state index is 0.478. The fourth-order valence-electron chi connectivity index (χ4n) is 1.58. The van der Waals surface area contributed by atoms with E-state index >= 15 is 0 Å². The first kappa shape index (κ1) is 12.7. The van der Waals surface area contributed by atoms with Gasteiger partial charge in [-0.05, 0) is 35.4 Å². The highest BCUT2D eigenvalue weighted by molar-refractivity contribution is 6.42. The number of rotatable bonds is 2. The highest BCUT2D eigenvalue weighted by Gasteiger charge is 2.06. The first-order chi connectivity index (χ1) is 8.11. The molecule has 1 nitrogen and oxygen atoms in total. The molecule has 0 fully saturated rings. The zero-order valence-corrected chi connectivity index (χ0v) is 11.2. The Bertz CT molecular complexity index is 552. The van der Waals surface area contributed by atoms with Crippen LogP contribution in [0.1, 0.15) is 5.56 Å². The maximum Gasteiger partial charge on any atom is 0.0598 e. The van der Waals surface area contributed by atoms with Gasteiger partial charge in [0.25, 0.3) is 0 Å². The van der Waals surface area contributed by atoms with Crippen LogP contribution in [0.15, 0.2) is 36.4 Å². The molecule has 2 aromatic carbocycles. The molecule has 0 radical (unpaired) electrons. The first-order valence-corrected chi connectivity index (χ1v) is 6.19. The van der Waals surface area contributed by atoms with Crippen molar-refractivity contribution >= 4 is 34.8 Å². The van der Waals surface area contributed by atoms with Gasteiger partial charge in [0.15, 0.2) is 0 Å². The van der Waals surface area contributed by atoms with Crippen molar-refractivity contribution in [3.05, 3.63) is 57.0 Å². The van der Waals surface area contributed by atoms with E-state index in [1.54, 1.807) is 12.1 Å². The Morgan fingerprint density at radius 1 is 0.824 bits per heavy atom. The Morgan fingerprint density at radius 3 is 2.18 bits per heavy atom. The Labute approximate surface area is 115 Å². The molecule has 0 atom stereocenters. The number of nitrogens with two attached hydrogens (primary N) is 1. The summed E-state index contributed by atoms with van der Waals surface area (Å²) in [5.41, 5.74) is 8.47. The van der Waals surface area contributed by atoms with Crippen LogP contribution in [0.4, 0.5) is 0 Å². The number of hydrogen-bond donors (Lipinski definition) is 1. The summed E-state index contributed by atoms with van der Waals surface area (Å²) in [6.07, 6.45) is 0. The summed E-state index contributed by atoms with van der Waals surface area (Å²) in [5.74, 6) is 0. The number of halogens is 3. The van der Waals surface area contributed by atoms with Gasteiger partial charge in [0, 0.05) is 17.1 Å². The summed E-state index contributed by atoms with van der Waals surface area (Å²) in [4.78, 5) is 0. The van der Waals surface area contributed by atoms with E-state index < -0.39 is 0 Å². The Balaban J connectivity index is 2.55.